The molecule has 1 aromatic heterocycles. The number of aryl methyl sites for hydroxylation is 1. The molecule has 1 fully saturated rings. The normalized spacial score (nSPS) is 14.2. The topological polar surface area (TPSA) is 67.2 Å². The Labute approximate surface area is 117 Å². The Morgan fingerprint density at radius 3 is 2.70 bits per heavy atom. The third kappa shape index (κ3) is 3.24. The van der Waals surface area contributed by atoms with Gasteiger partial charge in [0.1, 0.15) is 12.0 Å². The molecule has 1 saturated carbocycles. The number of amides is 1. The summed E-state index contributed by atoms with van der Waals surface area (Å²) in [5.74, 6) is 0.630. The van der Waals surface area contributed by atoms with Gasteiger partial charge in [0.2, 0.25) is 5.91 Å². The minimum absolute atomic E-state index is 0.0121. The summed E-state index contributed by atoms with van der Waals surface area (Å²) in [6, 6.07) is 8.11. The highest BCUT2D eigenvalue weighted by molar-refractivity contribution is 5.92. The monoisotopic (exact) mass is 271 g/mol. The van der Waals surface area contributed by atoms with Crippen LogP contribution in [0.4, 0.5) is 5.69 Å². The van der Waals surface area contributed by atoms with Crippen molar-refractivity contribution >= 4 is 11.6 Å². The molecular weight excluding hydrogens is 254 g/mol. The van der Waals surface area contributed by atoms with E-state index < -0.39 is 0 Å². The average Bonchev–Trinajstić information content (AvgIpc) is 3.18. The first-order chi connectivity index (χ1) is 9.70. The van der Waals surface area contributed by atoms with Gasteiger partial charge in [0.25, 0.3) is 0 Å². The fraction of sp³-hybridized carbons (Fsp3) is 0.333. The minimum atomic E-state index is -0.0121. The number of hydrogen-bond donors (Lipinski definition) is 2. The lowest BCUT2D eigenvalue weighted by molar-refractivity contribution is -0.115. The van der Waals surface area contributed by atoms with E-state index in [0.29, 0.717) is 18.5 Å². The lowest BCUT2D eigenvalue weighted by Gasteiger charge is -2.06. The van der Waals surface area contributed by atoms with E-state index in [1.807, 2.05) is 31.2 Å². The van der Waals surface area contributed by atoms with Gasteiger partial charge in [-0.2, -0.15) is 0 Å². The van der Waals surface area contributed by atoms with Gasteiger partial charge in [-0.05, 0) is 25.0 Å². The van der Waals surface area contributed by atoms with Crippen LogP contribution in [0.3, 0.4) is 0 Å². The molecule has 2 N–H and O–H groups in total. The van der Waals surface area contributed by atoms with Crippen LogP contribution in [-0.2, 0) is 4.79 Å². The summed E-state index contributed by atoms with van der Waals surface area (Å²) < 4.78 is 5.18. The average molecular weight is 271 g/mol. The summed E-state index contributed by atoms with van der Waals surface area (Å²) in [5.41, 5.74) is 2.56. The fourth-order valence-electron chi connectivity index (χ4n) is 1.95. The maximum atomic E-state index is 11.7. The second-order valence-electron chi connectivity index (χ2n) is 5.03. The Hall–Kier alpha value is -2.14. The quantitative estimate of drug-likeness (QED) is 0.876. The Bertz CT molecular complexity index is 600. The van der Waals surface area contributed by atoms with Crippen molar-refractivity contribution in [3.63, 3.8) is 0 Å². The third-order valence-electron chi connectivity index (χ3n) is 3.21. The van der Waals surface area contributed by atoms with Crippen molar-refractivity contribution in [2.45, 2.75) is 25.8 Å². The maximum absolute atomic E-state index is 11.7. The highest BCUT2D eigenvalue weighted by atomic mass is 16.3. The van der Waals surface area contributed by atoms with E-state index in [0.717, 1.165) is 16.9 Å². The molecule has 2 aromatic rings. The molecular formula is C15H17N3O2. The first kappa shape index (κ1) is 12.9. The fourth-order valence-corrected chi connectivity index (χ4v) is 1.95. The molecule has 1 aliphatic carbocycles. The number of nitrogens with one attached hydrogen (secondary N) is 2. The van der Waals surface area contributed by atoms with Crippen LogP contribution in [0.5, 0.6) is 0 Å². The Kier molecular flexibility index (Phi) is 3.52. The first-order valence-electron chi connectivity index (χ1n) is 6.76. The number of oxazole rings is 1. The van der Waals surface area contributed by atoms with E-state index in [-0.39, 0.29) is 5.91 Å². The van der Waals surface area contributed by atoms with Gasteiger partial charge >= 0.3 is 0 Å². The van der Waals surface area contributed by atoms with Crippen molar-refractivity contribution in [3.05, 3.63) is 36.4 Å². The Morgan fingerprint density at radius 2 is 2.10 bits per heavy atom. The van der Waals surface area contributed by atoms with Gasteiger partial charge in [-0.25, -0.2) is 4.98 Å². The zero-order chi connectivity index (χ0) is 13.9. The van der Waals surface area contributed by atoms with Crippen molar-refractivity contribution in [1.82, 2.24) is 10.3 Å². The molecule has 0 spiro atoms. The van der Waals surface area contributed by atoms with Crippen LogP contribution in [0.1, 0.15) is 18.7 Å². The zero-order valence-corrected chi connectivity index (χ0v) is 11.3. The molecule has 0 aliphatic heterocycles. The molecule has 0 bridgehead atoms. The lowest BCUT2D eigenvalue weighted by Crippen LogP contribution is -2.29. The van der Waals surface area contributed by atoms with Gasteiger partial charge in [-0.15, -0.1) is 0 Å². The van der Waals surface area contributed by atoms with E-state index in [1.165, 1.54) is 12.8 Å². The summed E-state index contributed by atoms with van der Waals surface area (Å²) in [5, 5.41) is 6.05. The lowest BCUT2D eigenvalue weighted by atomic mass is 10.1. The largest absolute Gasteiger partial charge is 0.449 e. The van der Waals surface area contributed by atoms with Crippen LogP contribution in [0.15, 0.2) is 34.9 Å². The van der Waals surface area contributed by atoms with Gasteiger partial charge in [-0.1, -0.05) is 12.1 Å². The van der Waals surface area contributed by atoms with Crippen LogP contribution in [0.25, 0.3) is 11.3 Å². The second-order valence-corrected chi connectivity index (χ2v) is 5.03. The highest BCUT2D eigenvalue weighted by Crippen LogP contribution is 2.21. The molecule has 1 aromatic carbocycles. The van der Waals surface area contributed by atoms with Gasteiger partial charge in [0.05, 0.1) is 6.54 Å². The van der Waals surface area contributed by atoms with Crippen molar-refractivity contribution < 1.29 is 9.21 Å². The third-order valence-corrected chi connectivity index (χ3v) is 3.21. The number of carbonyl (C=O) groups excluding carboxylic acids is 1. The van der Waals surface area contributed by atoms with Crippen molar-refractivity contribution in [1.29, 1.82) is 0 Å². The second kappa shape index (κ2) is 5.46. The number of nitrogens with zero attached hydrogens (tertiary/aromatic N) is 1. The van der Waals surface area contributed by atoms with E-state index in [9.17, 15) is 4.79 Å². The van der Waals surface area contributed by atoms with Gasteiger partial charge in [0.15, 0.2) is 5.89 Å². The number of aromatic nitrogens is 1. The van der Waals surface area contributed by atoms with E-state index in [1.54, 1.807) is 6.26 Å². The predicted octanol–water partition coefficient (Wildman–Crippen LogP) is 2.34. The molecule has 0 radical (unpaired) electrons. The van der Waals surface area contributed by atoms with E-state index >= 15 is 0 Å². The molecule has 0 saturated heterocycles. The van der Waals surface area contributed by atoms with Crippen molar-refractivity contribution in [3.8, 4) is 11.3 Å². The summed E-state index contributed by atoms with van der Waals surface area (Å²) in [4.78, 5) is 16.0. The number of anilines is 1. The zero-order valence-electron chi connectivity index (χ0n) is 11.3. The van der Waals surface area contributed by atoms with Crippen molar-refractivity contribution in [2.24, 2.45) is 0 Å². The molecule has 104 valence electrons. The Morgan fingerprint density at radius 1 is 1.35 bits per heavy atom. The SMILES string of the molecule is Cc1nc(-c2ccc(NC(=O)CNC3CC3)cc2)co1. The van der Waals surface area contributed by atoms with Crippen LogP contribution in [0.2, 0.25) is 0 Å². The molecule has 0 atom stereocenters. The van der Waals surface area contributed by atoms with Gasteiger partial charge < -0.3 is 15.1 Å². The van der Waals surface area contributed by atoms with Gasteiger partial charge in [-0.3, -0.25) is 4.79 Å². The summed E-state index contributed by atoms with van der Waals surface area (Å²) in [6.45, 7) is 2.18. The number of rotatable bonds is 5. The standard InChI is InChI=1S/C15H17N3O2/c1-10-17-14(9-20-10)11-2-4-13(5-3-11)18-15(19)8-16-12-6-7-12/h2-5,9,12,16H,6-8H2,1H3,(H,18,19). The summed E-state index contributed by atoms with van der Waals surface area (Å²) in [6.07, 6.45) is 3.99. The number of hydrogen-bond acceptors (Lipinski definition) is 4. The first-order valence-corrected chi connectivity index (χ1v) is 6.76. The van der Waals surface area contributed by atoms with Gasteiger partial charge in [0, 0.05) is 24.2 Å². The van der Waals surface area contributed by atoms with Crippen LogP contribution < -0.4 is 10.6 Å². The summed E-state index contributed by atoms with van der Waals surface area (Å²) in [7, 11) is 0. The molecule has 1 aliphatic rings. The highest BCUT2D eigenvalue weighted by Gasteiger charge is 2.21. The van der Waals surface area contributed by atoms with Crippen LogP contribution in [-0.4, -0.2) is 23.5 Å². The predicted molar refractivity (Wildman–Crippen MR) is 76.3 cm³/mol. The molecule has 20 heavy (non-hydrogen) atoms. The molecule has 1 heterocycles. The van der Waals surface area contributed by atoms with Crippen LogP contribution >= 0.6 is 0 Å². The number of benzene rings is 1. The number of carbonyl (C=O) groups is 1. The summed E-state index contributed by atoms with van der Waals surface area (Å²) >= 11 is 0. The van der Waals surface area contributed by atoms with Crippen LogP contribution in [0, 0.1) is 6.92 Å². The van der Waals surface area contributed by atoms with Crippen molar-refractivity contribution in [2.75, 3.05) is 11.9 Å². The molecule has 5 nitrogen and oxygen atoms in total. The Balaban J connectivity index is 1.59. The van der Waals surface area contributed by atoms with E-state index in [2.05, 4.69) is 15.6 Å². The molecule has 1 amide bonds. The molecule has 5 heteroatoms. The van der Waals surface area contributed by atoms with E-state index in [4.69, 9.17) is 4.42 Å². The smallest absolute Gasteiger partial charge is 0.238 e. The molecule has 0 unspecified atom stereocenters. The molecule has 3 rings (SSSR count). The maximum Gasteiger partial charge on any atom is 0.238 e. The minimum Gasteiger partial charge on any atom is -0.449 e.